The molecule has 0 radical (unpaired) electrons. The molecular formula is C12H6Cl4Na2O2. The van der Waals surface area contributed by atoms with Crippen LogP contribution in [0.5, 0.6) is 11.5 Å². The van der Waals surface area contributed by atoms with Crippen molar-refractivity contribution in [3.8, 4) is 11.5 Å². The standard InChI is InChI=1S/2C6H4Cl2O.2Na/c2*7-4-2-1-3-5(9)6(4)8;;/h2*1-3,9H;;/q;;2*+1/p-2. The van der Waals surface area contributed by atoms with E-state index < -0.39 is 0 Å². The third-order valence-electron chi connectivity index (χ3n) is 1.83. The second kappa shape index (κ2) is 11.7. The molecule has 2 aromatic carbocycles. The van der Waals surface area contributed by atoms with Gasteiger partial charge in [0.05, 0.1) is 20.1 Å². The van der Waals surface area contributed by atoms with Crippen LogP contribution in [0.2, 0.25) is 20.1 Å². The molecule has 0 fully saturated rings. The van der Waals surface area contributed by atoms with Crippen LogP contribution in [0.4, 0.5) is 0 Å². The molecule has 0 bridgehead atoms. The van der Waals surface area contributed by atoms with E-state index in [9.17, 15) is 10.2 Å². The fraction of sp³-hybridized carbons (Fsp3) is 0. The zero-order chi connectivity index (χ0) is 13.7. The Hall–Kier alpha value is 1.20. The van der Waals surface area contributed by atoms with Crippen molar-refractivity contribution in [3.05, 3.63) is 56.5 Å². The Morgan fingerprint density at radius 3 is 1.10 bits per heavy atom. The maximum Gasteiger partial charge on any atom is 1.00 e. The molecule has 0 N–H and O–H groups in total. The molecule has 0 saturated heterocycles. The van der Waals surface area contributed by atoms with Crippen molar-refractivity contribution >= 4 is 46.4 Å². The number of hydrogen-bond acceptors (Lipinski definition) is 2. The Kier molecular flexibility index (Phi) is 13.8. The molecule has 20 heavy (non-hydrogen) atoms. The summed E-state index contributed by atoms with van der Waals surface area (Å²) in [6.07, 6.45) is 0. The van der Waals surface area contributed by atoms with Gasteiger partial charge in [-0.15, -0.1) is 0 Å². The third-order valence-corrected chi connectivity index (χ3v) is 3.44. The monoisotopic (exact) mass is 368 g/mol. The zero-order valence-corrected chi connectivity index (χ0v) is 17.8. The zero-order valence-electron chi connectivity index (χ0n) is 10.8. The van der Waals surface area contributed by atoms with Crippen LogP contribution in [-0.2, 0) is 0 Å². The molecule has 0 unspecified atom stereocenters. The van der Waals surface area contributed by atoms with Gasteiger partial charge in [0.15, 0.2) is 0 Å². The van der Waals surface area contributed by atoms with E-state index in [-0.39, 0.29) is 80.7 Å². The summed E-state index contributed by atoms with van der Waals surface area (Å²) >= 11 is 21.8. The van der Waals surface area contributed by atoms with E-state index in [0.29, 0.717) is 10.0 Å². The first-order chi connectivity index (χ1) is 8.43. The first-order valence-electron chi connectivity index (χ1n) is 4.65. The topological polar surface area (TPSA) is 46.1 Å². The molecule has 0 aliphatic rings. The van der Waals surface area contributed by atoms with E-state index in [1.54, 1.807) is 24.3 Å². The van der Waals surface area contributed by atoms with Crippen molar-refractivity contribution in [2.24, 2.45) is 0 Å². The SMILES string of the molecule is [Na+].[Na+].[O-]c1cccc(Cl)c1Cl.[O-]c1cccc(Cl)c1Cl. The van der Waals surface area contributed by atoms with Crippen molar-refractivity contribution < 1.29 is 69.3 Å². The molecule has 0 aromatic heterocycles. The first-order valence-corrected chi connectivity index (χ1v) is 6.16. The molecule has 0 spiro atoms. The summed E-state index contributed by atoms with van der Waals surface area (Å²) < 4.78 is 0. The maximum absolute atomic E-state index is 10.6. The second-order valence-electron chi connectivity index (χ2n) is 3.10. The van der Waals surface area contributed by atoms with Crippen molar-refractivity contribution in [2.45, 2.75) is 0 Å². The van der Waals surface area contributed by atoms with Gasteiger partial charge < -0.3 is 10.2 Å². The normalized spacial score (nSPS) is 8.60. The van der Waals surface area contributed by atoms with E-state index in [4.69, 9.17) is 46.4 Å². The Labute approximate surface area is 181 Å². The van der Waals surface area contributed by atoms with Crippen LogP contribution in [0.1, 0.15) is 0 Å². The molecule has 96 valence electrons. The predicted octanol–water partition coefficient (Wildman–Crippen LogP) is -1.86. The van der Waals surface area contributed by atoms with Crippen molar-refractivity contribution in [1.82, 2.24) is 0 Å². The van der Waals surface area contributed by atoms with Crippen LogP contribution in [-0.4, -0.2) is 0 Å². The largest absolute Gasteiger partial charge is 1.00 e. The summed E-state index contributed by atoms with van der Waals surface area (Å²) in [5, 5.41) is 22.1. The number of rotatable bonds is 0. The van der Waals surface area contributed by atoms with Crippen LogP contribution in [0.15, 0.2) is 36.4 Å². The van der Waals surface area contributed by atoms with E-state index in [2.05, 4.69) is 0 Å². The summed E-state index contributed by atoms with van der Waals surface area (Å²) in [5.41, 5.74) is 0. The first kappa shape index (κ1) is 23.5. The number of halogens is 4. The van der Waals surface area contributed by atoms with Gasteiger partial charge in [-0.2, -0.15) is 0 Å². The van der Waals surface area contributed by atoms with Crippen molar-refractivity contribution in [1.29, 1.82) is 0 Å². The van der Waals surface area contributed by atoms with Crippen molar-refractivity contribution in [2.75, 3.05) is 0 Å². The van der Waals surface area contributed by atoms with Crippen LogP contribution in [0, 0.1) is 0 Å². The summed E-state index contributed by atoms with van der Waals surface area (Å²) in [7, 11) is 0. The molecule has 0 aliphatic heterocycles. The van der Waals surface area contributed by atoms with E-state index in [1.165, 1.54) is 12.1 Å². The average molecular weight is 370 g/mol. The van der Waals surface area contributed by atoms with Gasteiger partial charge in [-0.1, -0.05) is 82.2 Å². The van der Waals surface area contributed by atoms with Gasteiger partial charge in [-0.3, -0.25) is 0 Å². The van der Waals surface area contributed by atoms with Crippen LogP contribution >= 0.6 is 46.4 Å². The predicted molar refractivity (Wildman–Crippen MR) is 71.8 cm³/mol. The third kappa shape index (κ3) is 7.46. The van der Waals surface area contributed by atoms with Gasteiger partial charge >= 0.3 is 59.1 Å². The summed E-state index contributed by atoms with van der Waals surface area (Å²) in [4.78, 5) is 0. The number of benzene rings is 2. The Morgan fingerprint density at radius 1 is 0.600 bits per heavy atom. The van der Waals surface area contributed by atoms with Gasteiger partial charge in [-0.05, 0) is 12.1 Å². The smallest absolute Gasteiger partial charge is 0.871 e. The second-order valence-corrected chi connectivity index (χ2v) is 4.67. The van der Waals surface area contributed by atoms with E-state index in [1.807, 2.05) is 0 Å². The maximum atomic E-state index is 10.6. The van der Waals surface area contributed by atoms with Crippen molar-refractivity contribution in [3.63, 3.8) is 0 Å². The molecule has 0 saturated carbocycles. The molecule has 2 aromatic rings. The van der Waals surface area contributed by atoms with Crippen LogP contribution in [0.3, 0.4) is 0 Å². The van der Waals surface area contributed by atoms with E-state index in [0.717, 1.165) is 0 Å². The minimum absolute atomic E-state index is 0. The Balaban J connectivity index is 0. The molecule has 0 amide bonds. The molecule has 8 heteroatoms. The Bertz CT molecular complexity index is 463. The average Bonchev–Trinajstić information content (AvgIpc) is 2.34. The minimum atomic E-state index is -0.232. The summed E-state index contributed by atoms with van der Waals surface area (Å²) in [5.74, 6) is -0.465. The summed E-state index contributed by atoms with van der Waals surface area (Å²) in [6.45, 7) is 0. The Morgan fingerprint density at radius 2 is 0.900 bits per heavy atom. The molecule has 0 heterocycles. The van der Waals surface area contributed by atoms with Crippen LogP contribution in [0.25, 0.3) is 0 Å². The fourth-order valence-corrected chi connectivity index (χ4v) is 1.55. The number of hydrogen-bond donors (Lipinski definition) is 0. The molecule has 2 rings (SSSR count). The quantitative estimate of drug-likeness (QED) is 0.511. The molecule has 0 atom stereocenters. The molecular weight excluding hydrogens is 364 g/mol. The van der Waals surface area contributed by atoms with Gasteiger partial charge in [0, 0.05) is 0 Å². The summed E-state index contributed by atoms with van der Waals surface area (Å²) in [6, 6.07) is 9.02. The van der Waals surface area contributed by atoms with E-state index >= 15 is 0 Å². The fourth-order valence-electron chi connectivity index (χ4n) is 0.968. The molecule has 0 aliphatic carbocycles. The molecule has 2 nitrogen and oxygen atoms in total. The van der Waals surface area contributed by atoms with Gasteiger partial charge in [0.2, 0.25) is 0 Å². The van der Waals surface area contributed by atoms with Gasteiger partial charge in [0.25, 0.3) is 0 Å². The van der Waals surface area contributed by atoms with Gasteiger partial charge in [-0.25, -0.2) is 0 Å². The van der Waals surface area contributed by atoms with Crippen LogP contribution < -0.4 is 69.3 Å². The van der Waals surface area contributed by atoms with Gasteiger partial charge in [0.1, 0.15) is 0 Å². The minimum Gasteiger partial charge on any atom is -0.871 e.